The normalized spacial score (nSPS) is 10.1. The summed E-state index contributed by atoms with van der Waals surface area (Å²) in [4.78, 5) is 14.9. The Balaban J connectivity index is 2.61. The van der Waals surface area contributed by atoms with Gasteiger partial charge in [0, 0.05) is 12.5 Å². The predicted molar refractivity (Wildman–Crippen MR) is 69.0 cm³/mol. The highest BCUT2D eigenvalue weighted by Gasteiger charge is 2.17. The number of aromatic nitrogens is 3. The minimum atomic E-state index is -1.19. The topological polar surface area (TPSA) is 101 Å². The molecule has 0 amide bonds. The highest BCUT2D eigenvalue weighted by atomic mass is 16.5. The Morgan fingerprint density at radius 3 is 2.85 bits per heavy atom. The first-order chi connectivity index (χ1) is 9.60. The third-order valence-electron chi connectivity index (χ3n) is 2.72. The number of hydrogen-bond donors (Lipinski definition) is 1. The van der Waals surface area contributed by atoms with Crippen LogP contribution < -0.4 is 4.74 Å². The number of hydrogen-bond acceptors (Lipinski definition) is 5. The van der Waals surface area contributed by atoms with E-state index >= 15 is 0 Å². The minimum Gasteiger partial charge on any atom is -0.494 e. The maximum absolute atomic E-state index is 11.0. The van der Waals surface area contributed by atoms with Crippen molar-refractivity contribution in [2.45, 2.75) is 13.3 Å². The van der Waals surface area contributed by atoms with Crippen LogP contribution in [0.1, 0.15) is 28.9 Å². The second kappa shape index (κ2) is 5.40. The van der Waals surface area contributed by atoms with Gasteiger partial charge in [-0.3, -0.25) is 0 Å². The number of carboxylic acids is 1. The standard InChI is InChI=1S/C13H12N4O3/c1-3-11-15-12(13(18)19)16-17(11)9-5-4-8(7-14)6-10(9)20-2/h4-6H,3H2,1-2H3,(H,18,19). The van der Waals surface area contributed by atoms with Gasteiger partial charge in [0.1, 0.15) is 17.3 Å². The number of aromatic carboxylic acids is 1. The van der Waals surface area contributed by atoms with Crippen LogP contribution in [0.3, 0.4) is 0 Å². The van der Waals surface area contributed by atoms with E-state index in [2.05, 4.69) is 10.1 Å². The molecule has 0 radical (unpaired) electrons. The molecule has 0 aliphatic carbocycles. The van der Waals surface area contributed by atoms with Crippen molar-refractivity contribution >= 4 is 5.97 Å². The molecule has 7 heteroatoms. The van der Waals surface area contributed by atoms with E-state index in [9.17, 15) is 4.79 Å². The molecule has 2 aromatic rings. The molecule has 0 spiro atoms. The van der Waals surface area contributed by atoms with Crippen molar-refractivity contribution in [2.24, 2.45) is 0 Å². The third-order valence-corrected chi connectivity index (χ3v) is 2.72. The van der Waals surface area contributed by atoms with Gasteiger partial charge in [-0.05, 0) is 12.1 Å². The Morgan fingerprint density at radius 1 is 1.55 bits per heavy atom. The molecular formula is C13H12N4O3. The van der Waals surface area contributed by atoms with Crippen LogP contribution in [0.2, 0.25) is 0 Å². The van der Waals surface area contributed by atoms with Crippen molar-refractivity contribution in [3.63, 3.8) is 0 Å². The van der Waals surface area contributed by atoms with Crippen molar-refractivity contribution in [2.75, 3.05) is 7.11 Å². The van der Waals surface area contributed by atoms with Crippen molar-refractivity contribution < 1.29 is 14.6 Å². The van der Waals surface area contributed by atoms with Gasteiger partial charge in [-0.1, -0.05) is 6.92 Å². The van der Waals surface area contributed by atoms with Crippen molar-refractivity contribution in [1.29, 1.82) is 5.26 Å². The minimum absolute atomic E-state index is 0.270. The van der Waals surface area contributed by atoms with Crippen LogP contribution in [0.15, 0.2) is 18.2 Å². The van der Waals surface area contributed by atoms with E-state index in [4.69, 9.17) is 15.1 Å². The van der Waals surface area contributed by atoms with Gasteiger partial charge in [0.2, 0.25) is 0 Å². The molecule has 0 saturated heterocycles. The number of rotatable bonds is 4. The summed E-state index contributed by atoms with van der Waals surface area (Å²) in [5, 5.41) is 21.8. The van der Waals surface area contributed by atoms with Gasteiger partial charge < -0.3 is 9.84 Å². The molecule has 0 bridgehead atoms. The zero-order chi connectivity index (χ0) is 14.7. The van der Waals surface area contributed by atoms with Gasteiger partial charge in [0.05, 0.1) is 18.7 Å². The first-order valence-corrected chi connectivity index (χ1v) is 5.88. The molecule has 0 unspecified atom stereocenters. The molecular weight excluding hydrogens is 260 g/mol. The largest absolute Gasteiger partial charge is 0.494 e. The van der Waals surface area contributed by atoms with Gasteiger partial charge in [-0.2, -0.15) is 5.26 Å². The number of nitriles is 1. The number of carbonyl (C=O) groups is 1. The van der Waals surface area contributed by atoms with Crippen LogP contribution in [0.4, 0.5) is 0 Å². The quantitative estimate of drug-likeness (QED) is 0.902. The number of carboxylic acid groups (broad SMARTS) is 1. The molecule has 20 heavy (non-hydrogen) atoms. The van der Waals surface area contributed by atoms with Crippen LogP contribution >= 0.6 is 0 Å². The average Bonchev–Trinajstić information content (AvgIpc) is 2.90. The summed E-state index contributed by atoms with van der Waals surface area (Å²) in [6, 6.07) is 6.84. The first kappa shape index (κ1) is 13.5. The van der Waals surface area contributed by atoms with Crippen molar-refractivity contribution in [3.05, 3.63) is 35.4 Å². The summed E-state index contributed by atoms with van der Waals surface area (Å²) in [7, 11) is 1.47. The fraction of sp³-hybridized carbons (Fsp3) is 0.231. The summed E-state index contributed by atoms with van der Waals surface area (Å²) >= 11 is 0. The van der Waals surface area contributed by atoms with Crippen LogP contribution in [0, 0.1) is 11.3 Å². The predicted octanol–water partition coefficient (Wildman–Crippen LogP) is 1.41. The van der Waals surface area contributed by atoms with Crippen LogP contribution in [-0.2, 0) is 6.42 Å². The van der Waals surface area contributed by atoms with E-state index in [0.29, 0.717) is 29.2 Å². The Bertz CT molecular complexity index is 700. The second-order valence-corrected chi connectivity index (χ2v) is 3.92. The molecule has 1 aromatic heterocycles. The molecule has 102 valence electrons. The molecule has 0 aliphatic heterocycles. The molecule has 1 aromatic carbocycles. The van der Waals surface area contributed by atoms with Gasteiger partial charge in [0.15, 0.2) is 0 Å². The van der Waals surface area contributed by atoms with Crippen LogP contribution in [0.25, 0.3) is 5.69 Å². The molecule has 7 nitrogen and oxygen atoms in total. The van der Waals surface area contributed by atoms with Gasteiger partial charge in [0.25, 0.3) is 5.82 Å². The van der Waals surface area contributed by atoms with E-state index < -0.39 is 5.97 Å². The van der Waals surface area contributed by atoms with E-state index in [1.165, 1.54) is 11.8 Å². The fourth-order valence-corrected chi connectivity index (χ4v) is 1.78. The number of benzene rings is 1. The van der Waals surface area contributed by atoms with Gasteiger partial charge in [-0.15, -0.1) is 5.10 Å². The molecule has 0 atom stereocenters. The van der Waals surface area contributed by atoms with E-state index in [1.54, 1.807) is 18.2 Å². The maximum Gasteiger partial charge on any atom is 0.375 e. The molecule has 0 aliphatic rings. The van der Waals surface area contributed by atoms with Crippen LogP contribution in [0.5, 0.6) is 5.75 Å². The number of nitrogens with zero attached hydrogens (tertiary/aromatic N) is 4. The lowest BCUT2D eigenvalue weighted by Crippen LogP contribution is -2.05. The summed E-state index contributed by atoms with van der Waals surface area (Å²) in [5.74, 6) is -0.523. The smallest absolute Gasteiger partial charge is 0.375 e. The van der Waals surface area contributed by atoms with Gasteiger partial charge in [-0.25, -0.2) is 14.5 Å². The van der Waals surface area contributed by atoms with E-state index in [0.717, 1.165) is 0 Å². The van der Waals surface area contributed by atoms with Crippen LogP contribution in [-0.4, -0.2) is 33.0 Å². The van der Waals surface area contributed by atoms with Crippen molar-refractivity contribution in [1.82, 2.24) is 14.8 Å². The molecule has 2 rings (SSSR count). The fourth-order valence-electron chi connectivity index (χ4n) is 1.78. The summed E-state index contributed by atoms with van der Waals surface area (Å²) in [6.45, 7) is 1.85. The summed E-state index contributed by atoms with van der Waals surface area (Å²) in [6.07, 6.45) is 0.517. The molecule has 1 N–H and O–H groups in total. The zero-order valence-corrected chi connectivity index (χ0v) is 11.0. The summed E-state index contributed by atoms with van der Waals surface area (Å²) < 4.78 is 6.64. The lowest BCUT2D eigenvalue weighted by molar-refractivity contribution is 0.0683. The average molecular weight is 272 g/mol. The van der Waals surface area contributed by atoms with Crippen molar-refractivity contribution in [3.8, 4) is 17.5 Å². The van der Waals surface area contributed by atoms with Gasteiger partial charge >= 0.3 is 5.97 Å². The third kappa shape index (κ3) is 2.31. The maximum atomic E-state index is 11.0. The Hall–Kier alpha value is -2.88. The molecule has 1 heterocycles. The lowest BCUT2D eigenvalue weighted by atomic mass is 10.2. The Morgan fingerprint density at radius 2 is 2.30 bits per heavy atom. The Kier molecular flexibility index (Phi) is 3.66. The Labute approximate surface area is 115 Å². The molecule has 0 saturated carbocycles. The second-order valence-electron chi connectivity index (χ2n) is 3.92. The lowest BCUT2D eigenvalue weighted by Gasteiger charge is -2.10. The number of ether oxygens (including phenoxy) is 1. The highest BCUT2D eigenvalue weighted by Crippen LogP contribution is 2.24. The summed E-state index contributed by atoms with van der Waals surface area (Å²) in [5.41, 5.74) is 0.991. The number of methoxy groups -OCH3 is 1. The van der Waals surface area contributed by atoms with E-state index in [-0.39, 0.29) is 5.82 Å². The molecule has 0 fully saturated rings. The first-order valence-electron chi connectivity index (χ1n) is 5.88. The van der Waals surface area contributed by atoms with E-state index in [1.807, 2.05) is 13.0 Å². The number of aryl methyl sites for hydroxylation is 1. The monoisotopic (exact) mass is 272 g/mol. The highest BCUT2D eigenvalue weighted by molar-refractivity contribution is 5.83. The SMILES string of the molecule is CCc1nc(C(=O)O)nn1-c1ccc(C#N)cc1OC. The zero-order valence-electron chi connectivity index (χ0n) is 11.0.